The van der Waals surface area contributed by atoms with Gasteiger partial charge in [-0.05, 0) is 43.4 Å². The van der Waals surface area contributed by atoms with E-state index in [1.165, 1.54) is 19.1 Å². The van der Waals surface area contributed by atoms with Crippen LogP contribution in [0.4, 0.5) is 13.2 Å². The first-order valence-corrected chi connectivity index (χ1v) is 9.78. The van der Waals surface area contributed by atoms with Crippen molar-refractivity contribution in [1.29, 1.82) is 0 Å². The van der Waals surface area contributed by atoms with Crippen LogP contribution in [0.1, 0.15) is 50.7 Å². The normalized spacial score (nSPS) is 13.3. The molecule has 0 aliphatic rings. The highest BCUT2D eigenvalue weighted by atomic mass is 19.4. The Morgan fingerprint density at radius 3 is 2.40 bits per heavy atom. The first kappa shape index (κ1) is 25.4. The molecular formula is C20H29F3N4O3. The van der Waals surface area contributed by atoms with E-state index in [2.05, 4.69) is 16.0 Å². The Morgan fingerprint density at radius 2 is 1.80 bits per heavy atom. The summed E-state index contributed by atoms with van der Waals surface area (Å²) in [7, 11) is 0. The molecule has 0 bridgehead atoms. The maximum atomic E-state index is 12.8. The molecule has 0 fully saturated rings. The van der Waals surface area contributed by atoms with Crippen LogP contribution >= 0.6 is 0 Å². The van der Waals surface area contributed by atoms with Crippen molar-refractivity contribution in [2.24, 2.45) is 5.73 Å². The minimum Gasteiger partial charge on any atom is -0.355 e. The average molecular weight is 430 g/mol. The van der Waals surface area contributed by atoms with Crippen LogP contribution in [0.15, 0.2) is 24.3 Å². The summed E-state index contributed by atoms with van der Waals surface area (Å²) in [4.78, 5) is 35.4. The number of rotatable bonds is 11. The fourth-order valence-corrected chi connectivity index (χ4v) is 2.69. The largest absolute Gasteiger partial charge is 0.416 e. The summed E-state index contributed by atoms with van der Waals surface area (Å²) in [5.41, 5.74) is 5.12. The molecular weight excluding hydrogens is 401 g/mol. The molecule has 168 valence electrons. The van der Waals surface area contributed by atoms with Gasteiger partial charge in [0.25, 0.3) is 0 Å². The molecule has 10 heteroatoms. The number of nitrogens with one attached hydrogen (secondary N) is 3. The lowest BCUT2D eigenvalue weighted by molar-refractivity contribution is -0.137. The Kier molecular flexibility index (Phi) is 10.3. The number of carbonyl (C=O) groups excluding carboxylic acids is 3. The molecule has 0 saturated carbocycles. The van der Waals surface area contributed by atoms with Gasteiger partial charge in [-0.2, -0.15) is 13.2 Å². The summed E-state index contributed by atoms with van der Waals surface area (Å²) >= 11 is 0. The van der Waals surface area contributed by atoms with Crippen LogP contribution in [-0.2, 0) is 27.1 Å². The predicted molar refractivity (Wildman–Crippen MR) is 106 cm³/mol. The van der Waals surface area contributed by atoms with Gasteiger partial charge in [0.2, 0.25) is 17.7 Å². The van der Waals surface area contributed by atoms with Crippen LogP contribution < -0.4 is 21.7 Å². The number of alkyl halides is 3. The zero-order chi connectivity index (χ0) is 22.7. The Hall–Kier alpha value is -2.62. The van der Waals surface area contributed by atoms with Crippen LogP contribution in [-0.4, -0.2) is 36.3 Å². The van der Waals surface area contributed by atoms with Crippen LogP contribution in [0.3, 0.4) is 0 Å². The van der Waals surface area contributed by atoms with Gasteiger partial charge >= 0.3 is 6.18 Å². The molecule has 0 spiro atoms. The van der Waals surface area contributed by atoms with Gasteiger partial charge in [0.05, 0.1) is 11.6 Å². The number of carbonyl (C=O) groups is 3. The molecule has 0 radical (unpaired) electrons. The maximum Gasteiger partial charge on any atom is 0.416 e. The minimum absolute atomic E-state index is 0.0935. The van der Waals surface area contributed by atoms with Gasteiger partial charge in [-0.3, -0.25) is 14.4 Å². The molecule has 7 nitrogen and oxygen atoms in total. The number of unbranched alkanes of at least 4 members (excludes halogenated alkanes) is 1. The molecule has 2 atom stereocenters. The smallest absolute Gasteiger partial charge is 0.355 e. The van der Waals surface area contributed by atoms with Crippen LogP contribution in [0.25, 0.3) is 0 Å². The summed E-state index contributed by atoms with van der Waals surface area (Å²) in [6.07, 6.45) is -2.48. The topological polar surface area (TPSA) is 113 Å². The summed E-state index contributed by atoms with van der Waals surface area (Å²) in [6.45, 7) is 3.38. The lowest BCUT2D eigenvalue weighted by atomic mass is 10.1. The van der Waals surface area contributed by atoms with Gasteiger partial charge < -0.3 is 21.7 Å². The van der Waals surface area contributed by atoms with E-state index in [0.29, 0.717) is 37.8 Å². The van der Waals surface area contributed by atoms with Crippen molar-refractivity contribution in [3.63, 3.8) is 0 Å². The van der Waals surface area contributed by atoms with Crippen LogP contribution in [0, 0.1) is 0 Å². The van der Waals surface area contributed by atoms with Gasteiger partial charge in [-0.15, -0.1) is 0 Å². The number of hydrogen-bond acceptors (Lipinski definition) is 4. The van der Waals surface area contributed by atoms with Crippen molar-refractivity contribution in [3.8, 4) is 0 Å². The Morgan fingerprint density at radius 1 is 1.10 bits per heavy atom. The van der Waals surface area contributed by atoms with E-state index in [1.54, 1.807) is 6.92 Å². The molecule has 0 aromatic heterocycles. The van der Waals surface area contributed by atoms with E-state index >= 15 is 0 Å². The van der Waals surface area contributed by atoms with Crippen molar-refractivity contribution in [3.05, 3.63) is 35.4 Å². The molecule has 1 unspecified atom stereocenters. The molecule has 3 amide bonds. The minimum atomic E-state index is -4.46. The SMILES string of the molecule is CC[C@H](N)C(=O)NCCCCC(NC(C)=O)C(=O)NCc1cccc(C(F)(F)F)c1. The van der Waals surface area contributed by atoms with Gasteiger partial charge in [0.15, 0.2) is 0 Å². The Balaban J connectivity index is 2.53. The third-order valence-corrected chi connectivity index (χ3v) is 4.41. The lowest BCUT2D eigenvalue weighted by Crippen LogP contribution is -2.46. The van der Waals surface area contributed by atoms with E-state index in [-0.39, 0.29) is 12.5 Å². The van der Waals surface area contributed by atoms with Crippen LogP contribution in [0.5, 0.6) is 0 Å². The summed E-state index contributed by atoms with van der Waals surface area (Å²) in [6, 6.07) is 3.30. The molecule has 30 heavy (non-hydrogen) atoms. The van der Waals surface area contributed by atoms with Crippen molar-refractivity contribution in [2.75, 3.05) is 6.54 Å². The highest BCUT2D eigenvalue weighted by Gasteiger charge is 2.30. The Bertz CT molecular complexity index is 725. The van der Waals surface area contributed by atoms with Gasteiger partial charge in [-0.25, -0.2) is 0 Å². The predicted octanol–water partition coefficient (Wildman–Crippen LogP) is 1.85. The first-order valence-electron chi connectivity index (χ1n) is 9.78. The van der Waals surface area contributed by atoms with Crippen molar-refractivity contribution in [1.82, 2.24) is 16.0 Å². The number of amides is 3. The third kappa shape index (κ3) is 9.25. The standard InChI is InChI=1S/C20H29F3N4O3/c1-3-16(24)18(29)25-10-5-4-9-17(27-13(2)28)19(30)26-12-14-7-6-8-15(11-14)20(21,22)23/h6-8,11,16-17H,3-5,9-10,12,24H2,1-2H3,(H,25,29)(H,26,30)(H,27,28)/t16-,17?/m0/s1. The lowest BCUT2D eigenvalue weighted by Gasteiger charge is -2.18. The van der Waals surface area contributed by atoms with Gasteiger partial charge in [0, 0.05) is 20.0 Å². The highest BCUT2D eigenvalue weighted by Crippen LogP contribution is 2.29. The molecule has 0 aliphatic heterocycles. The number of nitrogens with two attached hydrogens (primary N) is 1. The average Bonchev–Trinajstić information content (AvgIpc) is 2.69. The van der Waals surface area contributed by atoms with E-state index in [1.807, 2.05) is 0 Å². The number of halogens is 3. The molecule has 1 aromatic rings. The summed E-state index contributed by atoms with van der Waals surface area (Å²) in [5, 5.41) is 7.80. The van der Waals surface area contributed by atoms with E-state index in [0.717, 1.165) is 12.1 Å². The third-order valence-electron chi connectivity index (χ3n) is 4.41. The molecule has 0 heterocycles. The monoisotopic (exact) mass is 430 g/mol. The summed E-state index contributed by atoms with van der Waals surface area (Å²) in [5.74, 6) is -1.12. The number of benzene rings is 1. The van der Waals surface area contributed by atoms with E-state index in [9.17, 15) is 27.6 Å². The number of hydrogen-bond donors (Lipinski definition) is 4. The first-order chi connectivity index (χ1) is 14.0. The van der Waals surface area contributed by atoms with Crippen LogP contribution in [0.2, 0.25) is 0 Å². The van der Waals surface area contributed by atoms with E-state index < -0.39 is 35.6 Å². The zero-order valence-electron chi connectivity index (χ0n) is 17.1. The second-order valence-electron chi connectivity index (χ2n) is 6.97. The highest BCUT2D eigenvalue weighted by molar-refractivity contribution is 5.86. The fraction of sp³-hybridized carbons (Fsp3) is 0.550. The van der Waals surface area contributed by atoms with Gasteiger partial charge in [-0.1, -0.05) is 19.1 Å². The molecule has 0 aliphatic carbocycles. The summed E-state index contributed by atoms with van der Waals surface area (Å²) < 4.78 is 38.4. The fourth-order valence-electron chi connectivity index (χ4n) is 2.69. The maximum absolute atomic E-state index is 12.8. The molecule has 0 saturated heterocycles. The quantitative estimate of drug-likeness (QED) is 0.401. The zero-order valence-corrected chi connectivity index (χ0v) is 17.1. The van der Waals surface area contributed by atoms with Gasteiger partial charge in [0.1, 0.15) is 6.04 Å². The molecule has 5 N–H and O–H groups in total. The second-order valence-corrected chi connectivity index (χ2v) is 6.97. The molecule has 1 aromatic carbocycles. The van der Waals surface area contributed by atoms with E-state index in [4.69, 9.17) is 5.73 Å². The van der Waals surface area contributed by atoms with Crippen molar-refractivity contribution < 1.29 is 27.6 Å². The van der Waals surface area contributed by atoms with Crippen molar-refractivity contribution >= 4 is 17.7 Å². The Labute approximate surface area is 174 Å². The van der Waals surface area contributed by atoms with Crippen molar-refractivity contribution in [2.45, 2.75) is 64.3 Å². The second kappa shape index (κ2) is 12.2. The molecule has 1 rings (SSSR count).